The van der Waals surface area contributed by atoms with Gasteiger partial charge in [-0.25, -0.2) is 9.78 Å². The summed E-state index contributed by atoms with van der Waals surface area (Å²) in [6.45, 7) is 4.68. The van der Waals surface area contributed by atoms with Gasteiger partial charge in [0.1, 0.15) is 0 Å². The van der Waals surface area contributed by atoms with E-state index in [0.29, 0.717) is 12.4 Å². The quantitative estimate of drug-likeness (QED) is 0.912. The molecule has 98 valence electrons. The Morgan fingerprint density at radius 2 is 2.16 bits per heavy atom. The lowest BCUT2D eigenvalue weighted by molar-refractivity contribution is 0.0690. The second kappa shape index (κ2) is 5.48. The summed E-state index contributed by atoms with van der Waals surface area (Å²) in [5.74, 6) is -0.539. The summed E-state index contributed by atoms with van der Waals surface area (Å²) in [6.07, 6.45) is 2.81. The Morgan fingerprint density at radius 3 is 2.79 bits per heavy atom. The minimum atomic E-state index is -1.07. The summed E-state index contributed by atoms with van der Waals surface area (Å²) in [5.41, 5.74) is 2.06. The molecule has 1 N–H and O–H groups in total. The van der Waals surface area contributed by atoms with Crippen LogP contribution in [0, 0.1) is 6.92 Å². The van der Waals surface area contributed by atoms with Gasteiger partial charge in [-0.2, -0.15) is 0 Å². The number of hydrogen-bond acceptors (Lipinski definition) is 4. The number of benzene rings is 1. The van der Waals surface area contributed by atoms with Crippen LogP contribution in [0.25, 0.3) is 0 Å². The van der Waals surface area contributed by atoms with Crippen LogP contribution in [-0.2, 0) is 0 Å². The summed E-state index contributed by atoms with van der Waals surface area (Å²) in [7, 11) is 0. The molecule has 2 rings (SSSR count). The first-order valence-corrected chi connectivity index (χ1v) is 6.01. The number of aromatic nitrogens is 2. The molecule has 0 atom stereocenters. The van der Waals surface area contributed by atoms with Crippen LogP contribution in [0.2, 0.25) is 0 Å². The van der Waals surface area contributed by atoms with Crippen LogP contribution in [0.1, 0.15) is 23.0 Å². The average molecular weight is 257 g/mol. The molecule has 0 aliphatic rings. The first kappa shape index (κ1) is 13.0. The first-order chi connectivity index (χ1) is 9.11. The molecule has 0 spiro atoms. The molecule has 5 heteroatoms. The van der Waals surface area contributed by atoms with Gasteiger partial charge in [-0.3, -0.25) is 4.98 Å². The Hall–Kier alpha value is -2.43. The number of rotatable bonds is 4. The molecule has 0 unspecified atom stereocenters. The van der Waals surface area contributed by atoms with Crippen LogP contribution < -0.4 is 4.90 Å². The molecule has 1 aromatic carbocycles. The van der Waals surface area contributed by atoms with E-state index in [1.165, 1.54) is 6.20 Å². The largest absolute Gasteiger partial charge is 0.476 e. The number of carboxylic acid groups (broad SMARTS) is 1. The maximum Gasteiger partial charge on any atom is 0.356 e. The van der Waals surface area contributed by atoms with Gasteiger partial charge in [0.25, 0.3) is 0 Å². The number of nitrogens with zero attached hydrogens (tertiary/aromatic N) is 3. The van der Waals surface area contributed by atoms with Gasteiger partial charge in [0.15, 0.2) is 11.5 Å². The van der Waals surface area contributed by atoms with Gasteiger partial charge in [-0.05, 0) is 31.5 Å². The van der Waals surface area contributed by atoms with Gasteiger partial charge in [0, 0.05) is 12.2 Å². The molecule has 2 aromatic rings. The van der Waals surface area contributed by atoms with Crippen molar-refractivity contribution in [3.05, 3.63) is 47.9 Å². The van der Waals surface area contributed by atoms with Crippen LogP contribution in [0.3, 0.4) is 0 Å². The molecule has 0 aliphatic heterocycles. The van der Waals surface area contributed by atoms with Crippen molar-refractivity contribution >= 4 is 17.5 Å². The van der Waals surface area contributed by atoms with Crippen LogP contribution in [0.5, 0.6) is 0 Å². The van der Waals surface area contributed by atoms with Gasteiger partial charge in [-0.1, -0.05) is 12.1 Å². The smallest absolute Gasteiger partial charge is 0.356 e. The third-order valence-electron chi connectivity index (χ3n) is 2.75. The van der Waals surface area contributed by atoms with E-state index in [2.05, 4.69) is 9.97 Å². The van der Waals surface area contributed by atoms with Crippen LogP contribution in [-0.4, -0.2) is 27.6 Å². The lowest BCUT2D eigenvalue weighted by Gasteiger charge is -2.22. The number of anilines is 2. The van der Waals surface area contributed by atoms with E-state index < -0.39 is 5.97 Å². The zero-order valence-corrected chi connectivity index (χ0v) is 10.9. The highest BCUT2D eigenvalue weighted by molar-refractivity contribution is 5.85. The van der Waals surface area contributed by atoms with Crippen LogP contribution >= 0.6 is 0 Å². The van der Waals surface area contributed by atoms with Crippen molar-refractivity contribution in [2.45, 2.75) is 13.8 Å². The summed E-state index contributed by atoms with van der Waals surface area (Å²) in [4.78, 5) is 20.9. The summed E-state index contributed by atoms with van der Waals surface area (Å²) >= 11 is 0. The number of aromatic carboxylic acids is 1. The fourth-order valence-corrected chi connectivity index (χ4v) is 1.86. The fourth-order valence-electron chi connectivity index (χ4n) is 1.86. The molecule has 1 heterocycles. The lowest BCUT2D eigenvalue weighted by atomic mass is 10.2. The van der Waals surface area contributed by atoms with E-state index in [9.17, 15) is 4.79 Å². The van der Waals surface area contributed by atoms with E-state index in [1.807, 2.05) is 43.0 Å². The monoisotopic (exact) mass is 257 g/mol. The summed E-state index contributed by atoms with van der Waals surface area (Å²) < 4.78 is 0. The second-order valence-corrected chi connectivity index (χ2v) is 4.15. The maximum atomic E-state index is 10.9. The molecule has 0 amide bonds. The molecule has 1 aromatic heterocycles. The van der Waals surface area contributed by atoms with Crippen molar-refractivity contribution in [2.24, 2.45) is 0 Å². The van der Waals surface area contributed by atoms with Gasteiger partial charge in [-0.15, -0.1) is 0 Å². The Labute approximate surface area is 111 Å². The first-order valence-electron chi connectivity index (χ1n) is 6.01. The van der Waals surface area contributed by atoms with Crippen molar-refractivity contribution in [3.63, 3.8) is 0 Å². The van der Waals surface area contributed by atoms with Gasteiger partial charge >= 0.3 is 5.97 Å². The van der Waals surface area contributed by atoms with E-state index >= 15 is 0 Å². The predicted octanol–water partition coefficient (Wildman–Crippen LogP) is 2.64. The van der Waals surface area contributed by atoms with Crippen molar-refractivity contribution in [2.75, 3.05) is 11.4 Å². The fraction of sp³-hybridized carbons (Fsp3) is 0.214. The number of aryl methyl sites for hydroxylation is 1. The van der Waals surface area contributed by atoms with Crippen molar-refractivity contribution in [1.29, 1.82) is 0 Å². The third-order valence-corrected chi connectivity index (χ3v) is 2.75. The van der Waals surface area contributed by atoms with Crippen molar-refractivity contribution in [1.82, 2.24) is 9.97 Å². The highest BCUT2D eigenvalue weighted by Crippen LogP contribution is 2.23. The topological polar surface area (TPSA) is 66.3 Å². The van der Waals surface area contributed by atoms with Crippen LogP contribution in [0.4, 0.5) is 11.5 Å². The molecular weight excluding hydrogens is 242 g/mol. The molecule has 0 saturated carbocycles. The minimum Gasteiger partial charge on any atom is -0.476 e. The molecule has 0 radical (unpaired) electrons. The van der Waals surface area contributed by atoms with E-state index in [-0.39, 0.29) is 5.69 Å². The van der Waals surface area contributed by atoms with E-state index in [4.69, 9.17) is 5.11 Å². The molecule has 0 bridgehead atoms. The number of carboxylic acids is 1. The summed E-state index contributed by atoms with van der Waals surface area (Å²) in [5, 5.41) is 8.96. The third kappa shape index (κ3) is 2.88. The average Bonchev–Trinajstić information content (AvgIpc) is 2.40. The highest BCUT2D eigenvalue weighted by atomic mass is 16.4. The highest BCUT2D eigenvalue weighted by Gasteiger charge is 2.12. The Kier molecular flexibility index (Phi) is 3.75. The minimum absolute atomic E-state index is 0.0522. The Bertz CT molecular complexity index is 599. The zero-order valence-electron chi connectivity index (χ0n) is 10.9. The van der Waals surface area contributed by atoms with E-state index in [0.717, 1.165) is 11.3 Å². The second-order valence-electron chi connectivity index (χ2n) is 4.15. The zero-order chi connectivity index (χ0) is 13.8. The van der Waals surface area contributed by atoms with Gasteiger partial charge < -0.3 is 10.0 Å². The van der Waals surface area contributed by atoms with Crippen LogP contribution in [0.15, 0.2) is 36.7 Å². The van der Waals surface area contributed by atoms with Crippen molar-refractivity contribution < 1.29 is 9.90 Å². The molecule has 5 nitrogen and oxygen atoms in total. The van der Waals surface area contributed by atoms with E-state index in [1.54, 1.807) is 6.20 Å². The Morgan fingerprint density at radius 1 is 1.37 bits per heavy atom. The van der Waals surface area contributed by atoms with Crippen molar-refractivity contribution in [3.8, 4) is 0 Å². The normalized spacial score (nSPS) is 10.2. The number of hydrogen-bond donors (Lipinski definition) is 1. The number of carbonyl (C=O) groups is 1. The predicted molar refractivity (Wildman–Crippen MR) is 72.9 cm³/mol. The molecule has 0 fully saturated rings. The summed E-state index contributed by atoms with van der Waals surface area (Å²) in [6, 6.07) is 7.96. The standard InChI is InChI=1S/C14H15N3O2/c1-3-17(11-6-4-5-10(2)7-11)13-9-15-8-12(16-13)14(18)19/h4-9H,3H2,1-2H3,(H,18,19). The van der Waals surface area contributed by atoms with Gasteiger partial charge in [0.2, 0.25) is 0 Å². The Balaban J connectivity index is 2.42. The molecule has 19 heavy (non-hydrogen) atoms. The van der Waals surface area contributed by atoms with Gasteiger partial charge in [0.05, 0.1) is 12.4 Å². The maximum absolute atomic E-state index is 10.9. The molecule has 0 saturated heterocycles. The molecule has 0 aliphatic carbocycles. The lowest BCUT2D eigenvalue weighted by Crippen LogP contribution is -2.19. The SMILES string of the molecule is CCN(c1cccc(C)c1)c1cncc(C(=O)O)n1. The molecular formula is C14H15N3O2.